The molecule has 0 aliphatic carbocycles. The number of nitrogens with zero attached hydrogens (tertiary/aromatic N) is 2. The molecule has 0 saturated heterocycles. The maximum atomic E-state index is 6.96. The highest BCUT2D eigenvalue weighted by molar-refractivity contribution is 6.14. The molecule has 13 aromatic rings. The number of hydrogen-bond acceptors (Lipinski definition) is 3. The minimum Gasteiger partial charge on any atom is -0.456 e. The first-order valence-corrected chi connectivity index (χ1v) is 26.9. The molecule has 0 aliphatic heterocycles. The normalized spacial score (nSPS) is 11.6. The van der Waals surface area contributed by atoms with Crippen molar-refractivity contribution in [1.82, 2.24) is 0 Å². The summed E-state index contributed by atoms with van der Waals surface area (Å²) in [5, 5.41) is 6.72. The van der Waals surface area contributed by atoms with Crippen LogP contribution in [0, 0.1) is 0 Å². The number of benzene rings is 12. The van der Waals surface area contributed by atoms with Crippen LogP contribution in [0.1, 0.15) is 50.7 Å². The molecule has 0 amide bonds. The summed E-state index contributed by atoms with van der Waals surface area (Å²) in [7, 11) is 0. The van der Waals surface area contributed by atoms with Gasteiger partial charge in [0.15, 0.2) is 0 Å². The summed E-state index contributed by atoms with van der Waals surface area (Å²) >= 11 is 0. The van der Waals surface area contributed by atoms with E-state index in [-0.39, 0.29) is 0 Å². The Balaban J connectivity index is 0.965. The molecule has 1 aromatic heterocycles. The third kappa shape index (κ3) is 8.90. The van der Waals surface area contributed by atoms with Crippen molar-refractivity contribution < 1.29 is 4.42 Å². The Labute approximate surface area is 451 Å². The van der Waals surface area contributed by atoms with Crippen LogP contribution in [-0.4, -0.2) is 0 Å². The van der Waals surface area contributed by atoms with E-state index in [1.54, 1.807) is 0 Å². The summed E-state index contributed by atoms with van der Waals surface area (Å²) < 4.78 is 6.96. The van der Waals surface area contributed by atoms with Crippen molar-refractivity contribution in [3.63, 3.8) is 0 Å². The summed E-state index contributed by atoms with van der Waals surface area (Å²) in [4.78, 5) is 4.90. The fourth-order valence-corrected chi connectivity index (χ4v) is 11.3. The number of hydrogen-bond donors (Lipinski definition) is 0. The van der Waals surface area contributed by atoms with Crippen LogP contribution < -0.4 is 9.80 Å². The molecule has 0 unspecified atom stereocenters. The molecule has 3 nitrogen and oxygen atoms in total. The second kappa shape index (κ2) is 20.0. The van der Waals surface area contributed by atoms with E-state index in [1.165, 1.54) is 44.5 Å². The SMILES string of the molecule is CC(C)c1ccc(N(c2ccc3cc4c(cc3c2)oc2cc3cc(N(c5ccccc5-c5ccccc5)c5ccc(C(C)C)cc5-c5ccccc5)ccc3cc24)c2ccccc2-c2ccccc2)c(-c2ccccc2)c1. The third-order valence-electron chi connectivity index (χ3n) is 15.4. The lowest BCUT2D eigenvalue weighted by Crippen LogP contribution is -2.13. The zero-order chi connectivity index (χ0) is 52.0. The van der Waals surface area contributed by atoms with Crippen molar-refractivity contribution >= 4 is 77.6 Å². The fourth-order valence-electron chi connectivity index (χ4n) is 11.3. The van der Waals surface area contributed by atoms with Gasteiger partial charge in [0.1, 0.15) is 11.2 Å². The van der Waals surface area contributed by atoms with E-state index < -0.39 is 0 Å². The third-order valence-corrected chi connectivity index (χ3v) is 15.4. The first-order valence-electron chi connectivity index (χ1n) is 26.9. The Hall–Kier alpha value is -9.44. The minimum atomic E-state index is 0.376. The Kier molecular flexibility index (Phi) is 12.3. The Morgan fingerprint density at radius 2 is 0.610 bits per heavy atom. The smallest absolute Gasteiger partial charge is 0.136 e. The molecule has 0 spiro atoms. The Bertz CT molecular complexity index is 4000. The standard InChI is InChI=1S/C74H58N2O/c1-49(2)55-35-39-71(65(43-55)53-25-13-7-14-26-53)75(69-31-19-17-29-63(69)51-21-9-5-10-22-51)61-37-33-57-45-67-68-46-58-34-38-62(42-60(58)48-74(68)77-73(67)47-59(57)41-61)76(70-32-20-18-30-64(70)52-23-11-6-12-24-52)72-40-36-56(50(3)4)44-66(72)54-27-15-8-16-28-54/h5-50H,1-4H3. The lowest BCUT2D eigenvalue weighted by molar-refractivity contribution is 0.670. The number of fused-ring (bicyclic) bond motifs is 5. The highest BCUT2D eigenvalue weighted by Gasteiger charge is 2.24. The van der Waals surface area contributed by atoms with Gasteiger partial charge in [0.05, 0.1) is 22.7 Å². The molecule has 12 aromatic carbocycles. The van der Waals surface area contributed by atoms with E-state index in [1.807, 2.05) is 0 Å². The van der Waals surface area contributed by atoms with Gasteiger partial charge >= 0.3 is 0 Å². The monoisotopic (exact) mass is 990 g/mol. The van der Waals surface area contributed by atoms with Crippen LogP contribution >= 0.6 is 0 Å². The molecule has 0 aliphatic rings. The van der Waals surface area contributed by atoms with Gasteiger partial charge in [-0.15, -0.1) is 0 Å². The molecule has 77 heavy (non-hydrogen) atoms. The Morgan fingerprint density at radius 1 is 0.273 bits per heavy atom. The van der Waals surface area contributed by atoms with E-state index >= 15 is 0 Å². The van der Waals surface area contributed by atoms with Crippen LogP contribution in [0.15, 0.2) is 271 Å². The molecule has 0 fully saturated rings. The summed E-state index contributed by atoms with van der Waals surface area (Å²) in [6.45, 7) is 9.07. The summed E-state index contributed by atoms with van der Waals surface area (Å²) in [5.74, 6) is 0.752. The number of anilines is 6. The van der Waals surface area contributed by atoms with Crippen LogP contribution in [-0.2, 0) is 0 Å². The highest BCUT2D eigenvalue weighted by atomic mass is 16.3. The van der Waals surface area contributed by atoms with Gasteiger partial charge in [-0.05, 0) is 152 Å². The lowest BCUT2D eigenvalue weighted by Gasteiger charge is -2.30. The van der Waals surface area contributed by atoms with E-state index in [0.717, 1.165) is 88.7 Å². The van der Waals surface area contributed by atoms with Crippen LogP contribution in [0.5, 0.6) is 0 Å². The molecule has 0 atom stereocenters. The second-order valence-electron chi connectivity index (χ2n) is 20.9. The molecule has 0 bridgehead atoms. The van der Waals surface area contributed by atoms with E-state index in [4.69, 9.17) is 4.42 Å². The number of rotatable bonds is 12. The first kappa shape index (κ1) is 47.3. The highest BCUT2D eigenvalue weighted by Crippen LogP contribution is 2.49. The van der Waals surface area contributed by atoms with Gasteiger partial charge in [0.2, 0.25) is 0 Å². The van der Waals surface area contributed by atoms with Gasteiger partial charge in [-0.1, -0.05) is 210 Å². The maximum absolute atomic E-state index is 6.96. The molecule has 0 saturated carbocycles. The van der Waals surface area contributed by atoms with E-state index in [2.05, 4.69) is 304 Å². The molecule has 0 N–H and O–H groups in total. The molecular weight excluding hydrogens is 933 g/mol. The van der Waals surface area contributed by atoms with E-state index in [9.17, 15) is 0 Å². The van der Waals surface area contributed by atoms with Crippen LogP contribution in [0.2, 0.25) is 0 Å². The fraction of sp³-hybridized carbons (Fsp3) is 0.0811. The number of furan rings is 1. The van der Waals surface area contributed by atoms with Crippen LogP contribution in [0.4, 0.5) is 34.1 Å². The molecule has 1 heterocycles. The summed E-state index contributed by atoms with van der Waals surface area (Å²) in [6, 6.07) is 97.5. The van der Waals surface area contributed by atoms with E-state index in [0.29, 0.717) is 11.8 Å². The predicted octanol–water partition coefficient (Wildman–Crippen LogP) is 21.7. The van der Waals surface area contributed by atoms with Crippen molar-refractivity contribution in [2.45, 2.75) is 39.5 Å². The molecule has 3 heteroatoms. The van der Waals surface area contributed by atoms with Gasteiger partial charge in [-0.25, -0.2) is 0 Å². The zero-order valence-corrected chi connectivity index (χ0v) is 43.9. The quantitative estimate of drug-likeness (QED) is 0.122. The average molecular weight is 991 g/mol. The van der Waals surface area contributed by atoms with Crippen molar-refractivity contribution in [2.24, 2.45) is 0 Å². The molecule has 370 valence electrons. The van der Waals surface area contributed by atoms with Crippen molar-refractivity contribution in [3.05, 3.63) is 278 Å². The molecule has 13 rings (SSSR count). The topological polar surface area (TPSA) is 19.6 Å². The first-order chi connectivity index (χ1) is 37.8. The average Bonchev–Trinajstić information content (AvgIpc) is 3.90. The van der Waals surface area contributed by atoms with Crippen molar-refractivity contribution in [3.8, 4) is 44.5 Å². The number of para-hydroxylation sites is 2. The van der Waals surface area contributed by atoms with Crippen LogP contribution in [0.25, 0.3) is 88.0 Å². The molecular formula is C74H58N2O. The van der Waals surface area contributed by atoms with Gasteiger partial charge in [-0.2, -0.15) is 0 Å². The van der Waals surface area contributed by atoms with Gasteiger partial charge in [-0.3, -0.25) is 0 Å². The zero-order valence-electron chi connectivity index (χ0n) is 43.9. The van der Waals surface area contributed by atoms with Crippen LogP contribution in [0.3, 0.4) is 0 Å². The summed E-state index contributed by atoms with van der Waals surface area (Å²) in [6.07, 6.45) is 0. The maximum Gasteiger partial charge on any atom is 0.136 e. The second-order valence-corrected chi connectivity index (χ2v) is 20.9. The van der Waals surface area contributed by atoms with Crippen molar-refractivity contribution in [1.29, 1.82) is 0 Å². The van der Waals surface area contributed by atoms with Gasteiger partial charge < -0.3 is 14.2 Å². The summed E-state index contributed by atoms with van der Waals surface area (Å²) in [5.41, 5.74) is 20.3. The predicted molar refractivity (Wildman–Crippen MR) is 328 cm³/mol. The largest absolute Gasteiger partial charge is 0.456 e. The van der Waals surface area contributed by atoms with Crippen molar-refractivity contribution in [2.75, 3.05) is 9.80 Å². The van der Waals surface area contributed by atoms with Gasteiger partial charge in [0, 0.05) is 44.4 Å². The Morgan fingerprint density at radius 3 is 0.987 bits per heavy atom. The molecule has 0 radical (unpaired) electrons. The van der Waals surface area contributed by atoms with Gasteiger partial charge in [0.25, 0.3) is 0 Å². The minimum absolute atomic E-state index is 0.376. The lowest BCUT2D eigenvalue weighted by atomic mass is 9.94.